The number of hydrogen-bond donors (Lipinski definition) is 2. The molecule has 0 fully saturated rings. The van der Waals surface area contributed by atoms with Gasteiger partial charge in [-0.15, -0.1) is 0 Å². The van der Waals surface area contributed by atoms with E-state index in [1.807, 2.05) is 12.1 Å². The Hall–Kier alpha value is -2.37. The third kappa shape index (κ3) is 2.29. The predicted molar refractivity (Wildman–Crippen MR) is 71.6 cm³/mol. The van der Waals surface area contributed by atoms with Gasteiger partial charge in [0.1, 0.15) is 17.1 Å². The Kier molecular flexibility index (Phi) is 2.91. The first kappa shape index (κ1) is 11.7. The van der Waals surface area contributed by atoms with Gasteiger partial charge >= 0.3 is 0 Å². The van der Waals surface area contributed by atoms with Gasteiger partial charge in [0.25, 0.3) is 0 Å². The lowest BCUT2D eigenvalue weighted by atomic mass is 10.2. The molecule has 0 amide bonds. The van der Waals surface area contributed by atoms with Crippen molar-refractivity contribution in [3.63, 3.8) is 0 Å². The van der Waals surface area contributed by atoms with Crippen LogP contribution in [0.2, 0.25) is 0 Å². The van der Waals surface area contributed by atoms with E-state index in [9.17, 15) is 0 Å². The minimum absolute atomic E-state index is 0.360. The van der Waals surface area contributed by atoms with Gasteiger partial charge in [-0.05, 0) is 18.6 Å². The van der Waals surface area contributed by atoms with Crippen molar-refractivity contribution in [3.8, 4) is 0 Å². The van der Waals surface area contributed by atoms with Crippen LogP contribution in [0.1, 0.15) is 30.6 Å². The van der Waals surface area contributed by atoms with Crippen molar-refractivity contribution >= 4 is 17.1 Å². The smallest absolute Gasteiger partial charge is 0.200 e. The van der Waals surface area contributed by atoms with E-state index in [0.717, 1.165) is 35.6 Å². The number of H-pyrrole nitrogens is 1. The zero-order valence-corrected chi connectivity index (χ0v) is 10.7. The minimum atomic E-state index is 0.360. The van der Waals surface area contributed by atoms with Gasteiger partial charge in [-0.1, -0.05) is 6.92 Å². The van der Waals surface area contributed by atoms with Gasteiger partial charge < -0.3 is 15.1 Å². The Morgan fingerprint density at radius 2 is 2.21 bits per heavy atom. The highest BCUT2D eigenvalue weighted by Gasteiger charge is 2.13. The average Bonchev–Trinajstić information content (AvgIpc) is 2.98. The van der Waals surface area contributed by atoms with Gasteiger partial charge in [0.2, 0.25) is 0 Å². The third-order valence-electron chi connectivity index (χ3n) is 2.89. The Balaban J connectivity index is 2.08. The second-order valence-corrected chi connectivity index (χ2v) is 4.41. The highest BCUT2D eigenvalue weighted by molar-refractivity contribution is 5.75. The maximum atomic E-state index is 5.70. The summed E-state index contributed by atoms with van der Waals surface area (Å²) in [4.78, 5) is 16.2. The lowest BCUT2D eigenvalue weighted by molar-refractivity contribution is 0.519. The lowest BCUT2D eigenvalue weighted by Gasteiger charge is -2.03. The van der Waals surface area contributed by atoms with Crippen LogP contribution in [0.5, 0.6) is 0 Å². The van der Waals surface area contributed by atoms with E-state index in [4.69, 9.17) is 10.2 Å². The van der Waals surface area contributed by atoms with E-state index in [1.54, 1.807) is 6.26 Å². The first-order valence-electron chi connectivity index (χ1n) is 6.29. The van der Waals surface area contributed by atoms with Crippen molar-refractivity contribution in [3.05, 3.63) is 35.7 Å². The molecule has 0 radical (unpaired) electrons. The molecule has 98 valence electrons. The molecule has 0 spiro atoms. The fraction of sp³-hybridized carbons (Fsp3) is 0.308. The number of fused-ring (bicyclic) bond motifs is 1. The lowest BCUT2D eigenvalue weighted by Crippen LogP contribution is -2.01. The van der Waals surface area contributed by atoms with Crippen LogP contribution in [0.25, 0.3) is 11.2 Å². The van der Waals surface area contributed by atoms with E-state index in [2.05, 4.69) is 26.9 Å². The summed E-state index contributed by atoms with van der Waals surface area (Å²) in [6.07, 6.45) is 4.08. The molecular weight excluding hydrogens is 242 g/mol. The number of nitrogen functional groups attached to an aromatic ring is 1. The molecule has 3 heterocycles. The Bertz CT molecular complexity index is 686. The zero-order chi connectivity index (χ0) is 13.2. The van der Waals surface area contributed by atoms with Crippen molar-refractivity contribution in [2.45, 2.75) is 26.2 Å². The van der Waals surface area contributed by atoms with E-state index in [-0.39, 0.29) is 0 Å². The average molecular weight is 257 g/mol. The van der Waals surface area contributed by atoms with Crippen LogP contribution < -0.4 is 5.73 Å². The van der Waals surface area contributed by atoms with Crippen LogP contribution in [0.3, 0.4) is 0 Å². The molecule has 3 rings (SSSR count). The van der Waals surface area contributed by atoms with Gasteiger partial charge in [-0.2, -0.15) is 4.98 Å². The fourth-order valence-corrected chi connectivity index (χ4v) is 2.06. The topological polar surface area (TPSA) is 93.6 Å². The monoisotopic (exact) mass is 257 g/mol. The molecule has 0 atom stereocenters. The van der Waals surface area contributed by atoms with Crippen LogP contribution in [0, 0.1) is 0 Å². The number of rotatable bonds is 4. The molecule has 6 nitrogen and oxygen atoms in total. The van der Waals surface area contributed by atoms with E-state index < -0.39 is 0 Å². The van der Waals surface area contributed by atoms with Crippen molar-refractivity contribution in [2.24, 2.45) is 0 Å². The Labute approximate surface area is 110 Å². The number of aromatic amines is 1. The maximum absolute atomic E-state index is 5.70. The molecule has 0 aliphatic heterocycles. The standard InChI is InChI=1S/C13H15N5O/c1-2-4-10-15-9(7-8-5-3-6-19-8)11-12(16-10)18-13(14)17-11/h3,5-6H,2,4,7H2,1H3,(H3,14,15,16,17,18). The summed E-state index contributed by atoms with van der Waals surface area (Å²) < 4.78 is 5.37. The molecule has 0 saturated heterocycles. The number of aromatic nitrogens is 4. The molecule has 0 bridgehead atoms. The van der Waals surface area contributed by atoms with Gasteiger partial charge in [0, 0.05) is 6.42 Å². The Morgan fingerprint density at radius 1 is 1.32 bits per heavy atom. The summed E-state index contributed by atoms with van der Waals surface area (Å²) in [6, 6.07) is 3.79. The zero-order valence-electron chi connectivity index (χ0n) is 10.7. The van der Waals surface area contributed by atoms with Gasteiger partial charge in [-0.25, -0.2) is 9.97 Å². The molecule has 3 aromatic rings. The van der Waals surface area contributed by atoms with E-state index in [0.29, 0.717) is 18.0 Å². The summed E-state index contributed by atoms with van der Waals surface area (Å²) in [5.74, 6) is 2.01. The highest BCUT2D eigenvalue weighted by Crippen LogP contribution is 2.18. The summed E-state index contributed by atoms with van der Waals surface area (Å²) in [7, 11) is 0. The number of anilines is 1. The molecule has 3 aromatic heterocycles. The third-order valence-corrected chi connectivity index (χ3v) is 2.89. The Morgan fingerprint density at radius 3 is 2.95 bits per heavy atom. The van der Waals surface area contributed by atoms with Crippen molar-refractivity contribution in [1.82, 2.24) is 19.9 Å². The molecule has 0 aromatic carbocycles. The number of aryl methyl sites for hydroxylation is 1. The first-order chi connectivity index (χ1) is 9.26. The summed E-state index contributed by atoms with van der Waals surface area (Å²) >= 11 is 0. The molecule has 0 aliphatic rings. The van der Waals surface area contributed by atoms with Gasteiger partial charge in [0.15, 0.2) is 11.6 Å². The van der Waals surface area contributed by atoms with E-state index in [1.165, 1.54) is 0 Å². The van der Waals surface area contributed by atoms with Crippen LogP contribution in [-0.4, -0.2) is 19.9 Å². The van der Waals surface area contributed by atoms with Crippen LogP contribution in [0.4, 0.5) is 5.95 Å². The molecule has 0 aliphatic carbocycles. The second kappa shape index (κ2) is 4.72. The summed E-state index contributed by atoms with van der Waals surface area (Å²) in [5, 5.41) is 0. The number of nitrogens with zero attached hydrogens (tertiary/aromatic N) is 3. The summed E-state index contributed by atoms with van der Waals surface area (Å²) in [5.41, 5.74) is 7.98. The van der Waals surface area contributed by atoms with Crippen LogP contribution in [-0.2, 0) is 12.8 Å². The molecule has 19 heavy (non-hydrogen) atoms. The van der Waals surface area contributed by atoms with Crippen molar-refractivity contribution in [1.29, 1.82) is 0 Å². The van der Waals surface area contributed by atoms with Gasteiger partial charge in [-0.3, -0.25) is 0 Å². The predicted octanol–water partition coefficient (Wildman–Crippen LogP) is 2.07. The van der Waals surface area contributed by atoms with Gasteiger partial charge in [0.05, 0.1) is 18.4 Å². The second-order valence-electron chi connectivity index (χ2n) is 4.41. The van der Waals surface area contributed by atoms with Crippen LogP contribution >= 0.6 is 0 Å². The van der Waals surface area contributed by atoms with Crippen molar-refractivity contribution in [2.75, 3.05) is 5.73 Å². The maximum Gasteiger partial charge on any atom is 0.200 e. The minimum Gasteiger partial charge on any atom is -0.469 e. The highest BCUT2D eigenvalue weighted by atomic mass is 16.3. The fourth-order valence-electron chi connectivity index (χ4n) is 2.06. The van der Waals surface area contributed by atoms with Crippen molar-refractivity contribution < 1.29 is 4.42 Å². The number of imidazole rings is 1. The molecule has 3 N–H and O–H groups in total. The quantitative estimate of drug-likeness (QED) is 0.746. The first-order valence-corrected chi connectivity index (χ1v) is 6.29. The largest absolute Gasteiger partial charge is 0.469 e. The van der Waals surface area contributed by atoms with E-state index >= 15 is 0 Å². The molecule has 6 heteroatoms. The number of hydrogen-bond acceptors (Lipinski definition) is 5. The van der Waals surface area contributed by atoms with Crippen LogP contribution in [0.15, 0.2) is 22.8 Å². The number of furan rings is 1. The molecular formula is C13H15N5O. The SMILES string of the molecule is CCCc1nc(Cc2ccco2)c2[nH]c(N)nc2n1. The normalized spacial score (nSPS) is 11.2. The molecule has 0 saturated carbocycles. The number of nitrogens with two attached hydrogens (primary N) is 1. The molecule has 0 unspecified atom stereocenters. The summed E-state index contributed by atoms with van der Waals surface area (Å²) in [6.45, 7) is 2.10. The number of nitrogens with one attached hydrogen (secondary N) is 1.